The normalized spacial score (nSPS) is 17.6. The number of aliphatic hydroxyl groups excluding tert-OH is 1. The number of hydrogen-bond acceptors (Lipinski definition) is 7. The highest BCUT2D eigenvalue weighted by molar-refractivity contribution is 6.46. The number of carbonyl (C=O) groups excluding carboxylic acids is 2. The third kappa shape index (κ3) is 4.78. The molecule has 176 valence electrons. The molecule has 33 heavy (non-hydrogen) atoms. The van der Waals surface area contributed by atoms with E-state index in [1.807, 2.05) is 19.0 Å². The van der Waals surface area contributed by atoms with Gasteiger partial charge in [-0.15, -0.1) is 0 Å². The van der Waals surface area contributed by atoms with Crippen LogP contribution >= 0.6 is 0 Å². The van der Waals surface area contributed by atoms with Crippen molar-refractivity contribution in [1.29, 1.82) is 0 Å². The lowest BCUT2D eigenvalue weighted by molar-refractivity contribution is -0.139. The van der Waals surface area contributed by atoms with Gasteiger partial charge in [0.25, 0.3) is 11.7 Å². The van der Waals surface area contributed by atoms with Crippen molar-refractivity contribution in [3.63, 3.8) is 0 Å². The molecule has 0 spiro atoms. The molecule has 0 radical (unpaired) electrons. The average molecular weight is 458 g/mol. The lowest BCUT2D eigenvalue weighted by Crippen LogP contribution is -2.32. The number of likely N-dealkylation sites (tertiary alicyclic amines) is 1. The Balaban J connectivity index is 2.19. The molecule has 1 amide bonds. The van der Waals surface area contributed by atoms with Gasteiger partial charge in [-0.2, -0.15) is 0 Å². The number of rotatable bonds is 8. The number of ether oxygens (including phenoxy) is 2. The zero-order valence-corrected chi connectivity index (χ0v) is 19.0. The van der Waals surface area contributed by atoms with Crippen LogP contribution in [0.4, 0.5) is 4.39 Å². The molecular formula is C24H27FN2O6. The number of hydrogen-bond donors (Lipinski definition) is 2. The number of Topliss-reactive ketones (excluding diaryl/α,β-unsaturated/α-hetero) is 1. The van der Waals surface area contributed by atoms with Crippen molar-refractivity contribution in [1.82, 2.24) is 9.80 Å². The third-order valence-electron chi connectivity index (χ3n) is 5.48. The summed E-state index contributed by atoms with van der Waals surface area (Å²) in [5.74, 6) is -2.71. The number of methoxy groups -OCH3 is 2. The van der Waals surface area contributed by atoms with E-state index in [1.165, 1.54) is 37.3 Å². The molecule has 9 heteroatoms. The summed E-state index contributed by atoms with van der Waals surface area (Å²) in [6, 6.07) is 7.02. The Morgan fingerprint density at radius 2 is 1.76 bits per heavy atom. The van der Waals surface area contributed by atoms with Gasteiger partial charge in [-0.1, -0.05) is 6.07 Å². The molecule has 1 heterocycles. The standard InChI is InChI=1S/C24H27FN2O6/c1-26(2)10-5-11-27-21(14-6-8-19(33-4)17(28)12-14)20(23(30)24(27)31)22(29)16-13-15(25)7-9-18(16)32-3/h6-9,12-13,21,28-29H,5,10-11H2,1-4H3/b22-20+. The second-order valence-corrected chi connectivity index (χ2v) is 7.93. The Bertz CT molecular complexity index is 1100. The number of benzene rings is 2. The number of halogens is 1. The molecule has 0 bridgehead atoms. The highest BCUT2D eigenvalue weighted by Crippen LogP contribution is 2.42. The number of phenols is 1. The average Bonchev–Trinajstić information content (AvgIpc) is 3.03. The van der Waals surface area contributed by atoms with Crippen LogP contribution in [0.2, 0.25) is 0 Å². The van der Waals surface area contributed by atoms with E-state index in [9.17, 15) is 24.2 Å². The summed E-state index contributed by atoms with van der Waals surface area (Å²) in [5.41, 5.74) is 0.138. The van der Waals surface area contributed by atoms with Gasteiger partial charge in [-0.25, -0.2) is 4.39 Å². The Morgan fingerprint density at radius 1 is 1.09 bits per heavy atom. The molecule has 1 atom stereocenters. The second kappa shape index (κ2) is 9.91. The van der Waals surface area contributed by atoms with Crippen LogP contribution in [0, 0.1) is 5.82 Å². The number of aliphatic hydroxyl groups is 1. The quantitative estimate of drug-likeness (QED) is 0.356. The smallest absolute Gasteiger partial charge is 0.295 e. The molecule has 1 aliphatic heterocycles. The number of aromatic hydroxyl groups is 1. The van der Waals surface area contributed by atoms with Gasteiger partial charge < -0.3 is 29.5 Å². The van der Waals surface area contributed by atoms with Gasteiger partial charge >= 0.3 is 0 Å². The largest absolute Gasteiger partial charge is 0.507 e. The summed E-state index contributed by atoms with van der Waals surface area (Å²) in [4.78, 5) is 29.3. The van der Waals surface area contributed by atoms with E-state index in [2.05, 4.69) is 0 Å². The summed E-state index contributed by atoms with van der Waals surface area (Å²) in [6.45, 7) is 0.901. The van der Waals surface area contributed by atoms with Crippen LogP contribution < -0.4 is 9.47 Å². The van der Waals surface area contributed by atoms with Crippen molar-refractivity contribution in [2.45, 2.75) is 12.5 Å². The maximum atomic E-state index is 14.0. The first-order valence-electron chi connectivity index (χ1n) is 10.3. The van der Waals surface area contributed by atoms with Gasteiger partial charge in [0.1, 0.15) is 17.3 Å². The topological polar surface area (TPSA) is 99.5 Å². The molecule has 1 unspecified atom stereocenters. The Morgan fingerprint density at radius 3 is 2.36 bits per heavy atom. The van der Waals surface area contributed by atoms with Crippen molar-refractivity contribution in [3.8, 4) is 17.2 Å². The minimum atomic E-state index is -0.989. The van der Waals surface area contributed by atoms with Crippen LogP contribution in [-0.4, -0.2) is 73.1 Å². The van der Waals surface area contributed by atoms with E-state index in [4.69, 9.17) is 9.47 Å². The number of carbonyl (C=O) groups is 2. The van der Waals surface area contributed by atoms with E-state index in [-0.39, 0.29) is 34.9 Å². The summed E-state index contributed by atoms with van der Waals surface area (Å²) >= 11 is 0. The van der Waals surface area contributed by atoms with E-state index in [0.717, 1.165) is 12.1 Å². The number of phenolic OH excluding ortho intramolecular Hbond substituents is 1. The molecule has 0 aromatic heterocycles. The number of amides is 1. The van der Waals surface area contributed by atoms with Gasteiger partial charge in [-0.3, -0.25) is 9.59 Å². The molecule has 0 saturated carbocycles. The van der Waals surface area contributed by atoms with Gasteiger partial charge in [0.15, 0.2) is 11.5 Å². The molecular weight excluding hydrogens is 431 g/mol. The van der Waals surface area contributed by atoms with Gasteiger partial charge in [-0.05, 0) is 63.0 Å². The van der Waals surface area contributed by atoms with E-state index >= 15 is 0 Å². The molecule has 3 rings (SSSR count). The van der Waals surface area contributed by atoms with Crippen LogP contribution in [0.5, 0.6) is 17.2 Å². The molecule has 0 aliphatic carbocycles. The van der Waals surface area contributed by atoms with Crippen LogP contribution in [-0.2, 0) is 9.59 Å². The Kier molecular flexibility index (Phi) is 7.23. The molecule has 2 aromatic carbocycles. The monoisotopic (exact) mass is 458 g/mol. The fourth-order valence-electron chi connectivity index (χ4n) is 3.90. The van der Waals surface area contributed by atoms with Gasteiger partial charge in [0.2, 0.25) is 0 Å². The first-order valence-corrected chi connectivity index (χ1v) is 10.3. The maximum Gasteiger partial charge on any atom is 0.295 e. The molecule has 2 aromatic rings. The molecule has 2 N–H and O–H groups in total. The summed E-state index contributed by atoms with van der Waals surface area (Å²) in [7, 11) is 6.54. The molecule has 1 fully saturated rings. The molecule has 1 aliphatic rings. The predicted octanol–water partition coefficient (Wildman–Crippen LogP) is 2.92. The zero-order valence-electron chi connectivity index (χ0n) is 19.0. The van der Waals surface area contributed by atoms with Gasteiger partial charge in [0.05, 0.1) is 31.4 Å². The highest BCUT2D eigenvalue weighted by Gasteiger charge is 2.46. The van der Waals surface area contributed by atoms with Crippen molar-refractivity contribution in [2.24, 2.45) is 0 Å². The highest BCUT2D eigenvalue weighted by atomic mass is 19.1. The summed E-state index contributed by atoms with van der Waals surface area (Å²) in [5, 5.41) is 21.4. The fraction of sp³-hybridized carbons (Fsp3) is 0.333. The maximum absolute atomic E-state index is 14.0. The van der Waals surface area contributed by atoms with Crippen LogP contribution in [0.3, 0.4) is 0 Å². The minimum absolute atomic E-state index is 0.0495. The van der Waals surface area contributed by atoms with E-state index in [1.54, 1.807) is 6.07 Å². The van der Waals surface area contributed by atoms with Crippen LogP contribution in [0.1, 0.15) is 23.6 Å². The third-order valence-corrected chi connectivity index (χ3v) is 5.48. The SMILES string of the molecule is COc1ccc(C2/C(=C(\O)c3cc(F)ccc3OC)C(=O)C(=O)N2CCCN(C)C)cc1O. The summed E-state index contributed by atoms with van der Waals surface area (Å²) in [6.07, 6.45) is 0.571. The first-order chi connectivity index (χ1) is 15.7. The van der Waals surface area contributed by atoms with Crippen molar-refractivity contribution in [2.75, 3.05) is 41.4 Å². The number of ketones is 1. The van der Waals surface area contributed by atoms with Gasteiger partial charge in [0, 0.05) is 6.54 Å². The minimum Gasteiger partial charge on any atom is -0.507 e. The van der Waals surface area contributed by atoms with E-state index in [0.29, 0.717) is 18.5 Å². The molecule has 1 saturated heterocycles. The zero-order chi connectivity index (χ0) is 24.3. The first kappa shape index (κ1) is 24.1. The lowest BCUT2D eigenvalue weighted by Gasteiger charge is -2.26. The number of nitrogens with zero attached hydrogens (tertiary/aromatic N) is 2. The van der Waals surface area contributed by atoms with Crippen molar-refractivity contribution >= 4 is 17.4 Å². The molecule has 8 nitrogen and oxygen atoms in total. The van der Waals surface area contributed by atoms with Crippen LogP contribution in [0.25, 0.3) is 5.76 Å². The Labute approximate surface area is 191 Å². The van der Waals surface area contributed by atoms with E-state index < -0.39 is 29.3 Å². The van der Waals surface area contributed by atoms with Crippen molar-refractivity contribution < 1.29 is 33.7 Å². The predicted molar refractivity (Wildman–Crippen MR) is 120 cm³/mol. The second-order valence-electron chi connectivity index (χ2n) is 7.93. The fourth-order valence-corrected chi connectivity index (χ4v) is 3.90. The Hall–Kier alpha value is -3.59. The summed E-state index contributed by atoms with van der Waals surface area (Å²) < 4.78 is 24.3. The van der Waals surface area contributed by atoms with Crippen LogP contribution in [0.15, 0.2) is 42.0 Å². The van der Waals surface area contributed by atoms with Crippen molar-refractivity contribution in [3.05, 3.63) is 58.9 Å². The lowest BCUT2D eigenvalue weighted by atomic mass is 9.94.